The minimum atomic E-state index is 0.227. The van der Waals surface area contributed by atoms with Crippen molar-refractivity contribution in [2.24, 2.45) is 5.92 Å². The average Bonchev–Trinajstić information content (AvgIpc) is 3.29. The maximum atomic E-state index is 5.94. The molecule has 0 saturated heterocycles. The van der Waals surface area contributed by atoms with Gasteiger partial charge >= 0.3 is 0 Å². The Morgan fingerprint density at radius 2 is 2.21 bits per heavy atom. The quantitative estimate of drug-likeness (QED) is 0.884. The van der Waals surface area contributed by atoms with Gasteiger partial charge in [-0.05, 0) is 44.2 Å². The monoisotopic (exact) mass is 261 g/mol. The second-order valence-corrected chi connectivity index (χ2v) is 5.59. The molecule has 1 aliphatic heterocycles. The lowest BCUT2D eigenvalue weighted by atomic mass is 9.93. The standard InChI is InChI=1S/C16H23NO2/c1-17-14(16(18-2)12-8-9-12)13-7-3-5-11-6-4-10-19-15(11)13/h3,5,7,12,14,16-17H,4,6,8-10H2,1-2H3. The number of nitrogens with one attached hydrogen (secondary N) is 1. The molecule has 0 bridgehead atoms. The number of para-hydroxylation sites is 1. The van der Waals surface area contributed by atoms with Gasteiger partial charge in [-0.25, -0.2) is 0 Å². The molecule has 1 fully saturated rings. The van der Waals surface area contributed by atoms with E-state index in [9.17, 15) is 0 Å². The molecular weight excluding hydrogens is 238 g/mol. The number of aryl methyl sites for hydroxylation is 1. The number of hydrogen-bond donors (Lipinski definition) is 1. The summed E-state index contributed by atoms with van der Waals surface area (Å²) in [4.78, 5) is 0. The van der Waals surface area contributed by atoms with Gasteiger partial charge in [-0.2, -0.15) is 0 Å². The van der Waals surface area contributed by atoms with Crippen LogP contribution < -0.4 is 10.1 Å². The second-order valence-electron chi connectivity index (χ2n) is 5.59. The fraction of sp³-hybridized carbons (Fsp3) is 0.625. The molecule has 2 atom stereocenters. The fourth-order valence-corrected chi connectivity index (χ4v) is 3.18. The predicted octanol–water partition coefficient (Wildman–Crippen LogP) is 2.70. The van der Waals surface area contributed by atoms with E-state index < -0.39 is 0 Å². The first kappa shape index (κ1) is 12.9. The summed E-state index contributed by atoms with van der Waals surface area (Å²) in [5.41, 5.74) is 2.60. The molecule has 1 aromatic rings. The highest BCUT2D eigenvalue weighted by molar-refractivity contribution is 5.45. The Labute approximate surface area is 115 Å². The minimum Gasteiger partial charge on any atom is -0.493 e. The lowest BCUT2D eigenvalue weighted by molar-refractivity contribution is 0.0519. The van der Waals surface area contributed by atoms with Crippen molar-refractivity contribution in [2.45, 2.75) is 37.8 Å². The highest BCUT2D eigenvalue weighted by Crippen LogP contribution is 2.42. The van der Waals surface area contributed by atoms with Gasteiger partial charge in [0.2, 0.25) is 0 Å². The smallest absolute Gasteiger partial charge is 0.127 e. The molecule has 3 rings (SSSR count). The van der Waals surface area contributed by atoms with Crippen LogP contribution in [0.25, 0.3) is 0 Å². The summed E-state index contributed by atoms with van der Waals surface area (Å²) in [6.45, 7) is 0.835. The normalized spacial score (nSPS) is 21.4. The molecule has 104 valence electrons. The molecule has 0 amide bonds. The van der Waals surface area contributed by atoms with Crippen LogP contribution in [0.5, 0.6) is 5.75 Å². The van der Waals surface area contributed by atoms with Gasteiger partial charge in [0.1, 0.15) is 5.75 Å². The van der Waals surface area contributed by atoms with Crippen LogP contribution in [-0.4, -0.2) is 26.9 Å². The van der Waals surface area contributed by atoms with E-state index in [4.69, 9.17) is 9.47 Å². The Hall–Kier alpha value is -1.06. The van der Waals surface area contributed by atoms with E-state index in [1.807, 2.05) is 14.2 Å². The van der Waals surface area contributed by atoms with Crippen molar-refractivity contribution in [1.29, 1.82) is 0 Å². The molecule has 3 heteroatoms. The maximum Gasteiger partial charge on any atom is 0.127 e. The number of benzene rings is 1. The third-order valence-electron chi connectivity index (χ3n) is 4.30. The van der Waals surface area contributed by atoms with E-state index in [2.05, 4.69) is 23.5 Å². The van der Waals surface area contributed by atoms with Crippen LogP contribution in [0, 0.1) is 5.92 Å². The third kappa shape index (κ3) is 2.49. The lowest BCUT2D eigenvalue weighted by Gasteiger charge is -2.30. The molecule has 2 aliphatic rings. The van der Waals surface area contributed by atoms with Crippen LogP contribution in [0.1, 0.15) is 36.4 Å². The number of methoxy groups -OCH3 is 1. The zero-order valence-electron chi connectivity index (χ0n) is 11.8. The Balaban J connectivity index is 1.94. The van der Waals surface area contributed by atoms with Crippen molar-refractivity contribution in [1.82, 2.24) is 5.32 Å². The molecule has 1 N–H and O–H groups in total. The van der Waals surface area contributed by atoms with Crippen molar-refractivity contribution in [3.05, 3.63) is 29.3 Å². The van der Waals surface area contributed by atoms with Crippen LogP contribution >= 0.6 is 0 Å². The van der Waals surface area contributed by atoms with Crippen LogP contribution in [0.3, 0.4) is 0 Å². The molecule has 1 heterocycles. The molecule has 1 aliphatic carbocycles. The molecule has 1 saturated carbocycles. The summed E-state index contributed by atoms with van der Waals surface area (Å²) in [5, 5.41) is 3.44. The van der Waals surface area contributed by atoms with Crippen LogP contribution in [0.2, 0.25) is 0 Å². The van der Waals surface area contributed by atoms with Gasteiger partial charge in [0.05, 0.1) is 18.8 Å². The maximum absolute atomic E-state index is 5.94. The first-order valence-electron chi connectivity index (χ1n) is 7.29. The van der Waals surface area contributed by atoms with Crippen LogP contribution in [0.15, 0.2) is 18.2 Å². The number of hydrogen-bond acceptors (Lipinski definition) is 3. The number of ether oxygens (including phenoxy) is 2. The largest absolute Gasteiger partial charge is 0.493 e. The molecule has 0 aromatic heterocycles. The van der Waals surface area contributed by atoms with Gasteiger partial charge in [0.15, 0.2) is 0 Å². The number of fused-ring (bicyclic) bond motifs is 1. The Morgan fingerprint density at radius 1 is 1.37 bits per heavy atom. The SMILES string of the molecule is CNC(c1cccc2c1OCCC2)C(OC)C1CC1. The molecule has 19 heavy (non-hydrogen) atoms. The van der Waals surface area contributed by atoms with Crippen LogP contribution in [0.4, 0.5) is 0 Å². The van der Waals surface area contributed by atoms with Crippen LogP contribution in [-0.2, 0) is 11.2 Å². The number of rotatable bonds is 5. The molecule has 0 radical (unpaired) electrons. The summed E-state index contributed by atoms with van der Waals surface area (Å²) >= 11 is 0. The van der Waals surface area contributed by atoms with Crippen molar-refractivity contribution in [2.75, 3.05) is 20.8 Å². The minimum absolute atomic E-state index is 0.227. The zero-order valence-corrected chi connectivity index (χ0v) is 11.8. The second kappa shape index (κ2) is 5.51. The van der Waals surface area contributed by atoms with Gasteiger partial charge in [-0.3, -0.25) is 0 Å². The topological polar surface area (TPSA) is 30.5 Å². The van der Waals surface area contributed by atoms with E-state index in [0.717, 1.165) is 25.2 Å². The van der Waals surface area contributed by atoms with Crippen molar-refractivity contribution in [3.8, 4) is 5.75 Å². The van der Waals surface area contributed by atoms with Gasteiger partial charge in [0, 0.05) is 12.7 Å². The summed E-state index contributed by atoms with van der Waals surface area (Å²) in [5.74, 6) is 1.79. The summed E-state index contributed by atoms with van der Waals surface area (Å²) in [6, 6.07) is 6.74. The highest BCUT2D eigenvalue weighted by atomic mass is 16.5. The van der Waals surface area contributed by atoms with E-state index in [-0.39, 0.29) is 12.1 Å². The fourth-order valence-electron chi connectivity index (χ4n) is 3.18. The average molecular weight is 261 g/mol. The predicted molar refractivity (Wildman–Crippen MR) is 75.6 cm³/mol. The molecule has 2 unspecified atom stereocenters. The van der Waals surface area contributed by atoms with Crippen molar-refractivity contribution in [3.63, 3.8) is 0 Å². The first-order chi connectivity index (χ1) is 9.35. The van der Waals surface area contributed by atoms with E-state index in [0.29, 0.717) is 5.92 Å². The highest BCUT2D eigenvalue weighted by Gasteiger charge is 2.38. The first-order valence-corrected chi connectivity index (χ1v) is 7.29. The molecule has 0 spiro atoms. The van der Waals surface area contributed by atoms with Gasteiger partial charge in [-0.1, -0.05) is 18.2 Å². The Bertz CT molecular complexity index is 442. The zero-order chi connectivity index (χ0) is 13.2. The van der Waals surface area contributed by atoms with E-state index in [1.54, 1.807) is 0 Å². The van der Waals surface area contributed by atoms with E-state index >= 15 is 0 Å². The van der Waals surface area contributed by atoms with Gasteiger partial charge < -0.3 is 14.8 Å². The summed E-state index contributed by atoms with van der Waals surface area (Å²) in [6.07, 6.45) is 5.07. The number of likely N-dealkylation sites (N-methyl/N-ethyl adjacent to an activating group) is 1. The molecule has 3 nitrogen and oxygen atoms in total. The van der Waals surface area contributed by atoms with Gasteiger partial charge in [0.25, 0.3) is 0 Å². The van der Waals surface area contributed by atoms with Crippen molar-refractivity contribution < 1.29 is 9.47 Å². The van der Waals surface area contributed by atoms with Gasteiger partial charge in [-0.15, -0.1) is 0 Å². The lowest BCUT2D eigenvalue weighted by Crippen LogP contribution is -2.33. The Kier molecular flexibility index (Phi) is 3.76. The third-order valence-corrected chi connectivity index (χ3v) is 4.30. The molecule has 1 aromatic carbocycles. The van der Waals surface area contributed by atoms with Crippen molar-refractivity contribution >= 4 is 0 Å². The molecular formula is C16H23NO2. The van der Waals surface area contributed by atoms with E-state index in [1.165, 1.54) is 24.0 Å². The summed E-state index contributed by atoms with van der Waals surface area (Å²) in [7, 11) is 3.84. The summed E-state index contributed by atoms with van der Waals surface area (Å²) < 4.78 is 11.7. The Morgan fingerprint density at radius 3 is 2.89 bits per heavy atom.